The molecule has 1 aromatic carbocycles. The van der Waals surface area contributed by atoms with Crippen LogP contribution >= 0.6 is 0 Å². The number of carbonyl (C=O) groups excluding carboxylic acids is 1. The van der Waals surface area contributed by atoms with Crippen molar-refractivity contribution in [3.05, 3.63) is 65.6 Å². The van der Waals surface area contributed by atoms with Crippen LogP contribution in [0.2, 0.25) is 0 Å². The van der Waals surface area contributed by atoms with Gasteiger partial charge in [0.2, 0.25) is 0 Å². The minimum atomic E-state index is -0.278. The van der Waals surface area contributed by atoms with E-state index in [1.54, 1.807) is 12.3 Å². The van der Waals surface area contributed by atoms with Gasteiger partial charge in [0.1, 0.15) is 5.82 Å². The van der Waals surface area contributed by atoms with Crippen LogP contribution in [-0.4, -0.2) is 47.4 Å². The van der Waals surface area contributed by atoms with E-state index in [9.17, 15) is 4.79 Å². The summed E-state index contributed by atoms with van der Waals surface area (Å²) in [6.45, 7) is 7.04. The van der Waals surface area contributed by atoms with E-state index in [2.05, 4.69) is 38.4 Å². The Morgan fingerprint density at radius 2 is 1.93 bits per heavy atom. The van der Waals surface area contributed by atoms with E-state index in [1.807, 2.05) is 37.4 Å². The first-order valence-corrected chi connectivity index (χ1v) is 9.60. The fourth-order valence-corrected chi connectivity index (χ4v) is 3.33. The fourth-order valence-electron chi connectivity index (χ4n) is 3.33. The molecule has 0 radical (unpaired) electrons. The summed E-state index contributed by atoms with van der Waals surface area (Å²) in [4.78, 5) is 19.3. The molecule has 1 fully saturated rings. The van der Waals surface area contributed by atoms with Crippen molar-refractivity contribution in [1.82, 2.24) is 15.2 Å². The zero-order valence-corrected chi connectivity index (χ0v) is 16.6. The Bertz CT molecular complexity index is 1030. The van der Waals surface area contributed by atoms with Gasteiger partial charge in [-0.05, 0) is 66.4 Å². The molecule has 148 valence electrons. The number of hydrogen-bond acceptors (Lipinski definition) is 6. The second-order valence-corrected chi connectivity index (χ2v) is 7.10. The summed E-state index contributed by atoms with van der Waals surface area (Å²) in [6, 6.07) is 11.7. The lowest BCUT2D eigenvalue weighted by Gasteiger charge is -2.28. The Labute approximate surface area is 169 Å². The number of nitrogens with zero attached hydrogens (tertiary/aromatic N) is 4. The molecule has 0 saturated carbocycles. The van der Waals surface area contributed by atoms with Crippen LogP contribution < -0.4 is 10.2 Å². The zero-order chi connectivity index (χ0) is 20.2. The molecular weight excluding hydrogens is 366 g/mol. The molecule has 0 aliphatic carbocycles. The predicted octanol–water partition coefficient (Wildman–Crippen LogP) is 3.24. The van der Waals surface area contributed by atoms with Crippen LogP contribution in [0, 0.1) is 13.8 Å². The highest BCUT2D eigenvalue weighted by Gasteiger charge is 2.14. The van der Waals surface area contributed by atoms with Gasteiger partial charge in [-0.1, -0.05) is 6.07 Å². The first-order valence-electron chi connectivity index (χ1n) is 9.60. The van der Waals surface area contributed by atoms with Gasteiger partial charge >= 0.3 is 0 Å². The summed E-state index contributed by atoms with van der Waals surface area (Å²) in [5, 5.41) is 10.7. The van der Waals surface area contributed by atoms with E-state index in [1.165, 1.54) is 0 Å². The third kappa shape index (κ3) is 4.41. The van der Waals surface area contributed by atoms with Crippen LogP contribution in [0.3, 0.4) is 0 Å². The number of pyridine rings is 1. The zero-order valence-electron chi connectivity index (χ0n) is 16.6. The first-order chi connectivity index (χ1) is 14.1. The summed E-state index contributed by atoms with van der Waals surface area (Å²) in [7, 11) is 0. The van der Waals surface area contributed by atoms with Crippen molar-refractivity contribution in [3.63, 3.8) is 0 Å². The van der Waals surface area contributed by atoms with Crippen LogP contribution in [0.15, 0.2) is 48.8 Å². The van der Waals surface area contributed by atoms with Gasteiger partial charge in [0.25, 0.3) is 5.91 Å². The number of anilines is 2. The van der Waals surface area contributed by atoms with Crippen molar-refractivity contribution >= 4 is 17.4 Å². The maximum atomic E-state index is 12.5. The summed E-state index contributed by atoms with van der Waals surface area (Å²) in [6.07, 6.45) is 3.45. The monoisotopic (exact) mass is 389 g/mol. The molecule has 7 heteroatoms. The Morgan fingerprint density at radius 3 is 2.72 bits per heavy atom. The quantitative estimate of drug-likeness (QED) is 0.738. The average Bonchev–Trinajstić information content (AvgIpc) is 2.76. The molecule has 1 amide bonds. The van der Waals surface area contributed by atoms with Crippen LogP contribution in [0.4, 0.5) is 11.5 Å². The summed E-state index contributed by atoms with van der Waals surface area (Å²) in [5.74, 6) is 0.661. The molecule has 1 aliphatic rings. The predicted molar refractivity (Wildman–Crippen MR) is 112 cm³/mol. The minimum Gasteiger partial charge on any atom is -0.378 e. The highest BCUT2D eigenvalue weighted by molar-refractivity contribution is 6.03. The average molecular weight is 389 g/mol. The van der Waals surface area contributed by atoms with Gasteiger partial charge in [-0.15, -0.1) is 5.10 Å². The van der Waals surface area contributed by atoms with Gasteiger partial charge in [0, 0.05) is 25.0 Å². The van der Waals surface area contributed by atoms with E-state index >= 15 is 0 Å². The molecule has 1 saturated heterocycles. The second-order valence-electron chi connectivity index (χ2n) is 7.10. The smallest absolute Gasteiger partial charge is 0.276 e. The highest BCUT2D eigenvalue weighted by atomic mass is 16.5. The van der Waals surface area contributed by atoms with Gasteiger partial charge < -0.3 is 15.0 Å². The summed E-state index contributed by atoms with van der Waals surface area (Å²) >= 11 is 0. The number of carbonyl (C=O) groups is 1. The molecule has 0 atom stereocenters. The lowest BCUT2D eigenvalue weighted by Crippen LogP contribution is -2.36. The maximum absolute atomic E-state index is 12.5. The lowest BCUT2D eigenvalue weighted by molar-refractivity contribution is 0.102. The van der Waals surface area contributed by atoms with E-state index in [0.717, 1.165) is 41.2 Å². The lowest BCUT2D eigenvalue weighted by atomic mass is 10.0. The normalized spacial score (nSPS) is 13.9. The molecule has 0 unspecified atom stereocenters. The number of ether oxygens (including phenoxy) is 1. The fraction of sp³-hybridized carbons (Fsp3) is 0.273. The van der Waals surface area contributed by atoms with Crippen LogP contribution in [0.25, 0.3) is 11.1 Å². The number of morpholine rings is 1. The van der Waals surface area contributed by atoms with E-state index < -0.39 is 0 Å². The third-order valence-electron chi connectivity index (χ3n) is 4.91. The third-order valence-corrected chi connectivity index (χ3v) is 4.91. The maximum Gasteiger partial charge on any atom is 0.276 e. The number of nitrogens with one attached hydrogen (secondary N) is 1. The molecular formula is C22H23N5O2. The number of aryl methyl sites for hydroxylation is 2. The molecule has 0 bridgehead atoms. The molecule has 7 nitrogen and oxygen atoms in total. The molecule has 3 aromatic rings. The van der Waals surface area contributed by atoms with Crippen molar-refractivity contribution in [2.45, 2.75) is 13.8 Å². The summed E-state index contributed by atoms with van der Waals surface area (Å²) < 4.78 is 5.43. The second kappa shape index (κ2) is 8.36. The van der Waals surface area contributed by atoms with Crippen LogP contribution in [0.5, 0.6) is 0 Å². The molecule has 4 rings (SSSR count). The van der Waals surface area contributed by atoms with E-state index in [-0.39, 0.29) is 5.91 Å². The minimum absolute atomic E-state index is 0.278. The Balaban J connectivity index is 1.59. The SMILES string of the molecule is Cc1cnnc(C(=O)Nc2ccc(C)c(-c3ccnc(N4CCOCC4)c3)c2)c1. The van der Waals surface area contributed by atoms with Crippen molar-refractivity contribution < 1.29 is 9.53 Å². The van der Waals surface area contributed by atoms with E-state index in [0.29, 0.717) is 24.6 Å². The Hall–Kier alpha value is -3.32. The van der Waals surface area contributed by atoms with Crippen molar-refractivity contribution in [1.29, 1.82) is 0 Å². The number of rotatable bonds is 4. The molecule has 3 heterocycles. The van der Waals surface area contributed by atoms with Gasteiger partial charge in [0.15, 0.2) is 5.69 Å². The largest absolute Gasteiger partial charge is 0.378 e. The van der Waals surface area contributed by atoms with E-state index in [4.69, 9.17) is 4.74 Å². The Kier molecular flexibility index (Phi) is 5.48. The molecule has 2 aromatic heterocycles. The molecule has 1 aliphatic heterocycles. The highest BCUT2D eigenvalue weighted by Crippen LogP contribution is 2.29. The number of amides is 1. The van der Waals surface area contributed by atoms with Crippen LogP contribution in [-0.2, 0) is 4.74 Å². The van der Waals surface area contributed by atoms with Crippen molar-refractivity contribution in [2.75, 3.05) is 36.5 Å². The van der Waals surface area contributed by atoms with Gasteiger partial charge in [-0.2, -0.15) is 5.10 Å². The summed E-state index contributed by atoms with van der Waals surface area (Å²) in [5.41, 5.74) is 5.13. The molecule has 0 spiro atoms. The molecule has 29 heavy (non-hydrogen) atoms. The number of aromatic nitrogens is 3. The molecule has 1 N–H and O–H groups in total. The first kappa shape index (κ1) is 19.0. The number of hydrogen-bond donors (Lipinski definition) is 1. The van der Waals surface area contributed by atoms with Gasteiger partial charge in [0.05, 0.1) is 19.4 Å². The Morgan fingerprint density at radius 1 is 1.10 bits per heavy atom. The van der Waals surface area contributed by atoms with Gasteiger partial charge in [-0.25, -0.2) is 4.98 Å². The standard InChI is InChI=1S/C22H23N5O2/c1-15-11-20(26-24-14-15)22(28)25-18-4-3-16(2)19(13-18)17-5-6-23-21(12-17)27-7-9-29-10-8-27/h3-6,11-14H,7-10H2,1-2H3,(H,25,28). The van der Waals surface area contributed by atoms with Crippen LogP contribution in [0.1, 0.15) is 21.6 Å². The topological polar surface area (TPSA) is 80.2 Å². The number of benzene rings is 1. The van der Waals surface area contributed by atoms with Gasteiger partial charge in [-0.3, -0.25) is 4.79 Å². The van der Waals surface area contributed by atoms with Crippen molar-refractivity contribution in [2.24, 2.45) is 0 Å². The van der Waals surface area contributed by atoms with Crippen molar-refractivity contribution in [3.8, 4) is 11.1 Å².